The number of carbonyl (C=O) groups is 1. The summed E-state index contributed by atoms with van der Waals surface area (Å²) in [4.78, 5) is 11.6. The van der Waals surface area contributed by atoms with E-state index in [9.17, 15) is 4.79 Å². The fourth-order valence-corrected chi connectivity index (χ4v) is 2.81. The maximum atomic E-state index is 11.2. The van der Waals surface area contributed by atoms with Gasteiger partial charge in [-0.1, -0.05) is 30.4 Å². The molecule has 1 N–H and O–H groups in total. The van der Waals surface area contributed by atoms with Gasteiger partial charge in [-0.3, -0.25) is 0 Å². The smallest absolute Gasteiger partial charge is 0.346 e. The summed E-state index contributed by atoms with van der Waals surface area (Å²) < 4.78 is 1.02. The summed E-state index contributed by atoms with van der Waals surface area (Å²) in [6, 6.07) is 7.78. The number of carboxylic acid groups (broad SMARTS) is 1. The Kier molecular flexibility index (Phi) is 2.79. The third-order valence-corrected chi connectivity index (χ3v) is 3.57. The van der Waals surface area contributed by atoms with Crippen LogP contribution in [0.1, 0.15) is 22.2 Å². The zero-order valence-electron chi connectivity index (χ0n) is 8.99. The van der Waals surface area contributed by atoms with Crippen molar-refractivity contribution in [2.45, 2.75) is 13.3 Å². The van der Waals surface area contributed by atoms with Crippen LogP contribution in [0, 0.1) is 0 Å². The highest BCUT2D eigenvalue weighted by Crippen LogP contribution is 2.32. The predicted octanol–water partition coefficient (Wildman–Crippen LogP) is 3.72. The minimum absolute atomic E-state index is 0.434. The number of carboxylic acids is 1. The summed E-state index contributed by atoms with van der Waals surface area (Å²) in [5, 5.41) is 10.2. The normalized spacial score (nSPS) is 10.6. The second-order valence-corrected chi connectivity index (χ2v) is 4.90. The van der Waals surface area contributed by atoms with Gasteiger partial charge < -0.3 is 5.11 Å². The van der Waals surface area contributed by atoms with Gasteiger partial charge in [-0.15, -0.1) is 11.3 Å². The van der Waals surface area contributed by atoms with Crippen LogP contribution >= 0.6 is 11.3 Å². The van der Waals surface area contributed by atoms with E-state index in [2.05, 4.69) is 6.58 Å². The van der Waals surface area contributed by atoms with Gasteiger partial charge in [0.25, 0.3) is 0 Å². The van der Waals surface area contributed by atoms with Gasteiger partial charge in [0.05, 0.1) is 0 Å². The average Bonchev–Trinajstić information content (AvgIpc) is 2.57. The lowest BCUT2D eigenvalue weighted by Gasteiger charge is -2.00. The molecule has 2 aromatic rings. The fourth-order valence-electron chi connectivity index (χ4n) is 1.75. The lowest BCUT2D eigenvalue weighted by atomic mass is 10.0. The van der Waals surface area contributed by atoms with Crippen molar-refractivity contribution in [2.24, 2.45) is 0 Å². The lowest BCUT2D eigenvalue weighted by molar-refractivity contribution is 0.0701. The van der Waals surface area contributed by atoms with Crippen LogP contribution in [0.5, 0.6) is 0 Å². The molecule has 0 spiro atoms. The summed E-state index contributed by atoms with van der Waals surface area (Å²) in [7, 11) is 0. The van der Waals surface area contributed by atoms with Crippen LogP contribution in [0.15, 0.2) is 36.4 Å². The SMILES string of the molecule is C=C(C)Cc1c(C(=O)O)sc2ccccc12. The van der Waals surface area contributed by atoms with E-state index in [1.165, 1.54) is 11.3 Å². The molecule has 0 saturated carbocycles. The molecule has 2 nitrogen and oxygen atoms in total. The molecule has 82 valence electrons. The molecule has 1 aromatic heterocycles. The Labute approximate surface area is 97.8 Å². The Hall–Kier alpha value is -1.61. The van der Waals surface area contributed by atoms with Crippen LogP contribution in [-0.2, 0) is 6.42 Å². The van der Waals surface area contributed by atoms with Gasteiger partial charge in [0, 0.05) is 4.70 Å². The molecular weight excluding hydrogens is 220 g/mol. The fraction of sp³-hybridized carbons (Fsp3) is 0.154. The molecular formula is C13H12O2S. The van der Waals surface area contributed by atoms with Gasteiger partial charge in [-0.05, 0) is 30.4 Å². The monoisotopic (exact) mass is 232 g/mol. The van der Waals surface area contributed by atoms with E-state index in [4.69, 9.17) is 5.11 Å². The summed E-state index contributed by atoms with van der Waals surface area (Å²) in [5.74, 6) is -0.850. The maximum absolute atomic E-state index is 11.2. The van der Waals surface area contributed by atoms with Crippen molar-refractivity contribution in [3.8, 4) is 0 Å². The van der Waals surface area contributed by atoms with Crippen molar-refractivity contribution in [1.82, 2.24) is 0 Å². The Balaban J connectivity index is 2.69. The minimum Gasteiger partial charge on any atom is -0.477 e. The molecule has 0 saturated heterocycles. The predicted molar refractivity (Wildman–Crippen MR) is 67.3 cm³/mol. The largest absolute Gasteiger partial charge is 0.477 e. The molecule has 2 rings (SSSR count). The molecule has 0 bridgehead atoms. The maximum Gasteiger partial charge on any atom is 0.346 e. The second kappa shape index (κ2) is 4.10. The van der Waals surface area contributed by atoms with E-state index >= 15 is 0 Å². The van der Waals surface area contributed by atoms with Gasteiger partial charge in [0.2, 0.25) is 0 Å². The van der Waals surface area contributed by atoms with Gasteiger partial charge in [0.1, 0.15) is 4.88 Å². The second-order valence-electron chi connectivity index (χ2n) is 3.84. The molecule has 16 heavy (non-hydrogen) atoms. The van der Waals surface area contributed by atoms with E-state index in [1.807, 2.05) is 31.2 Å². The highest BCUT2D eigenvalue weighted by molar-refractivity contribution is 7.21. The molecule has 0 aliphatic heterocycles. The summed E-state index contributed by atoms with van der Waals surface area (Å²) in [6.45, 7) is 5.76. The summed E-state index contributed by atoms with van der Waals surface area (Å²) in [5.41, 5.74) is 1.87. The summed E-state index contributed by atoms with van der Waals surface area (Å²) >= 11 is 1.33. The average molecular weight is 232 g/mol. The minimum atomic E-state index is -0.850. The van der Waals surface area contributed by atoms with E-state index in [1.54, 1.807) is 0 Å². The molecule has 1 heterocycles. The number of allylic oxidation sites excluding steroid dienone is 1. The van der Waals surface area contributed by atoms with E-state index in [-0.39, 0.29) is 0 Å². The highest BCUT2D eigenvalue weighted by atomic mass is 32.1. The summed E-state index contributed by atoms with van der Waals surface area (Å²) in [6.07, 6.45) is 0.631. The molecule has 0 aliphatic carbocycles. The van der Waals surface area contributed by atoms with Crippen LogP contribution in [0.3, 0.4) is 0 Å². The van der Waals surface area contributed by atoms with Crippen molar-refractivity contribution < 1.29 is 9.90 Å². The molecule has 0 atom stereocenters. The van der Waals surface area contributed by atoms with Crippen molar-refractivity contribution >= 4 is 27.4 Å². The van der Waals surface area contributed by atoms with E-state index in [0.29, 0.717) is 11.3 Å². The first kappa shape index (κ1) is 10.9. The quantitative estimate of drug-likeness (QED) is 0.819. The van der Waals surface area contributed by atoms with E-state index in [0.717, 1.165) is 21.2 Å². The van der Waals surface area contributed by atoms with Gasteiger partial charge >= 0.3 is 5.97 Å². The standard InChI is InChI=1S/C13H12O2S/c1-8(2)7-10-9-5-3-4-6-11(9)16-12(10)13(14)15/h3-6H,1,7H2,2H3,(H,14,15). The molecule has 0 unspecified atom stereocenters. The third kappa shape index (κ3) is 1.86. The van der Waals surface area contributed by atoms with Gasteiger partial charge in [-0.25, -0.2) is 4.79 Å². The molecule has 0 aliphatic rings. The first-order valence-electron chi connectivity index (χ1n) is 4.97. The first-order chi connectivity index (χ1) is 7.59. The highest BCUT2D eigenvalue weighted by Gasteiger charge is 2.16. The Bertz CT molecular complexity index is 566. The van der Waals surface area contributed by atoms with Crippen LogP contribution in [0.2, 0.25) is 0 Å². The number of benzene rings is 1. The molecule has 0 amide bonds. The zero-order valence-corrected chi connectivity index (χ0v) is 9.80. The van der Waals surface area contributed by atoms with Crippen LogP contribution < -0.4 is 0 Å². The third-order valence-electron chi connectivity index (χ3n) is 2.37. The van der Waals surface area contributed by atoms with Gasteiger partial charge in [0.15, 0.2) is 0 Å². The topological polar surface area (TPSA) is 37.3 Å². The number of fused-ring (bicyclic) bond motifs is 1. The Morgan fingerprint density at radius 3 is 2.75 bits per heavy atom. The van der Waals surface area contributed by atoms with Crippen molar-refractivity contribution in [2.75, 3.05) is 0 Å². The van der Waals surface area contributed by atoms with Crippen molar-refractivity contribution in [1.29, 1.82) is 0 Å². The number of hydrogen-bond donors (Lipinski definition) is 1. The number of rotatable bonds is 3. The first-order valence-corrected chi connectivity index (χ1v) is 5.79. The number of thiophene rings is 1. The molecule has 3 heteroatoms. The van der Waals surface area contributed by atoms with Crippen molar-refractivity contribution in [3.05, 3.63) is 46.9 Å². The Morgan fingerprint density at radius 2 is 2.12 bits per heavy atom. The van der Waals surface area contributed by atoms with Crippen LogP contribution in [0.4, 0.5) is 0 Å². The van der Waals surface area contributed by atoms with Crippen LogP contribution in [-0.4, -0.2) is 11.1 Å². The number of aromatic carboxylic acids is 1. The van der Waals surface area contributed by atoms with Crippen molar-refractivity contribution in [3.63, 3.8) is 0 Å². The zero-order chi connectivity index (χ0) is 11.7. The molecule has 0 fully saturated rings. The van der Waals surface area contributed by atoms with Gasteiger partial charge in [-0.2, -0.15) is 0 Å². The van der Waals surface area contributed by atoms with Crippen LogP contribution in [0.25, 0.3) is 10.1 Å². The molecule has 0 radical (unpaired) electrons. The molecule has 1 aromatic carbocycles. The number of hydrogen-bond acceptors (Lipinski definition) is 2. The lowest BCUT2D eigenvalue weighted by Crippen LogP contribution is -1.98. The van der Waals surface area contributed by atoms with E-state index < -0.39 is 5.97 Å². The Morgan fingerprint density at radius 1 is 1.44 bits per heavy atom.